The number of halogens is 1. The summed E-state index contributed by atoms with van der Waals surface area (Å²) >= 11 is 3.45. The zero-order chi connectivity index (χ0) is 18.7. The second-order valence-electron chi connectivity index (χ2n) is 10.7. The fourth-order valence-electron chi connectivity index (χ4n) is 8.28. The third-order valence-corrected chi connectivity index (χ3v) is 10.3. The van der Waals surface area contributed by atoms with Gasteiger partial charge in [0.25, 0.3) is 0 Å². The first kappa shape index (κ1) is 19.4. The second kappa shape index (κ2) is 6.87. The molecule has 0 saturated heterocycles. The van der Waals surface area contributed by atoms with E-state index in [2.05, 4.69) is 36.7 Å². The first-order valence-corrected chi connectivity index (χ1v) is 12.1. The summed E-state index contributed by atoms with van der Waals surface area (Å²) in [6.07, 6.45) is 10.8. The molecule has 3 heteroatoms. The Morgan fingerprint density at radius 2 is 1.73 bits per heavy atom. The molecule has 2 nitrogen and oxygen atoms in total. The molecule has 4 saturated carbocycles. The van der Waals surface area contributed by atoms with Crippen LogP contribution >= 0.6 is 15.9 Å². The number of ether oxygens (including phenoxy) is 1. The molecule has 26 heavy (non-hydrogen) atoms. The third-order valence-electron chi connectivity index (χ3n) is 9.74. The number of methoxy groups -OCH3 is 1. The SMILES string of the molecule is COC1CC2CC(C)CCC2(C)C2CCC3(C)C(C(=O)CBr)CCC3C12. The van der Waals surface area contributed by atoms with Crippen LogP contribution in [0.15, 0.2) is 0 Å². The number of carbonyl (C=O) groups is 1. The van der Waals surface area contributed by atoms with Crippen LogP contribution in [0.25, 0.3) is 0 Å². The van der Waals surface area contributed by atoms with E-state index >= 15 is 0 Å². The monoisotopic (exact) mass is 424 g/mol. The van der Waals surface area contributed by atoms with Gasteiger partial charge in [-0.25, -0.2) is 0 Å². The number of fused-ring (bicyclic) bond motifs is 5. The molecule has 0 aromatic heterocycles. The van der Waals surface area contributed by atoms with Crippen molar-refractivity contribution in [2.75, 3.05) is 12.4 Å². The zero-order valence-electron chi connectivity index (χ0n) is 17.1. The number of ketones is 1. The molecule has 148 valence electrons. The summed E-state index contributed by atoms with van der Waals surface area (Å²) in [4.78, 5) is 12.6. The van der Waals surface area contributed by atoms with Crippen molar-refractivity contribution in [2.24, 2.45) is 46.3 Å². The largest absolute Gasteiger partial charge is 0.381 e. The highest BCUT2D eigenvalue weighted by molar-refractivity contribution is 9.09. The van der Waals surface area contributed by atoms with Crippen LogP contribution in [0.4, 0.5) is 0 Å². The number of hydrogen-bond donors (Lipinski definition) is 0. The second-order valence-corrected chi connectivity index (χ2v) is 11.2. The quantitative estimate of drug-likeness (QED) is 0.529. The standard InChI is InChI=1S/C23H37BrO2/c1-14-7-9-22(2)15(11-14)12-20(26-4)21-17-6-5-16(19(25)13-24)23(17,3)10-8-18(21)22/h14-18,20-21H,5-13H2,1-4H3. The molecule has 4 rings (SSSR count). The summed E-state index contributed by atoms with van der Waals surface area (Å²) in [7, 11) is 1.94. The zero-order valence-corrected chi connectivity index (χ0v) is 18.7. The summed E-state index contributed by atoms with van der Waals surface area (Å²) in [5.74, 6) is 4.56. The van der Waals surface area contributed by atoms with Crippen molar-refractivity contribution in [1.29, 1.82) is 0 Å². The van der Waals surface area contributed by atoms with Gasteiger partial charge in [0.05, 0.1) is 11.4 Å². The third kappa shape index (κ3) is 2.70. The van der Waals surface area contributed by atoms with Crippen molar-refractivity contribution in [3.8, 4) is 0 Å². The highest BCUT2D eigenvalue weighted by Crippen LogP contribution is 2.68. The van der Waals surface area contributed by atoms with Crippen LogP contribution in [0.5, 0.6) is 0 Å². The first-order valence-electron chi connectivity index (χ1n) is 11.0. The van der Waals surface area contributed by atoms with E-state index in [0.29, 0.717) is 34.5 Å². The Hall–Kier alpha value is 0.110. The molecule has 0 aromatic rings. The van der Waals surface area contributed by atoms with Crippen LogP contribution in [0.2, 0.25) is 0 Å². The highest BCUT2D eigenvalue weighted by atomic mass is 79.9. The molecule has 0 bridgehead atoms. The minimum absolute atomic E-state index is 0.202. The van der Waals surface area contributed by atoms with Crippen LogP contribution in [0.3, 0.4) is 0 Å². The normalized spacial score (nSPS) is 53.5. The summed E-state index contributed by atoms with van der Waals surface area (Å²) < 4.78 is 6.17. The summed E-state index contributed by atoms with van der Waals surface area (Å²) in [6.45, 7) is 7.50. The summed E-state index contributed by atoms with van der Waals surface area (Å²) in [6, 6.07) is 0. The minimum Gasteiger partial charge on any atom is -0.381 e. The Labute approximate surface area is 168 Å². The van der Waals surface area contributed by atoms with E-state index in [1.807, 2.05) is 7.11 Å². The Balaban J connectivity index is 1.67. The van der Waals surface area contributed by atoms with E-state index in [1.165, 1.54) is 44.9 Å². The number of Topliss-reactive ketones (excluding diaryl/α,β-unsaturated/α-hetero) is 1. The fourth-order valence-corrected chi connectivity index (χ4v) is 8.67. The fraction of sp³-hybridized carbons (Fsp3) is 0.957. The number of hydrogen-bond acceptors (Lipinski definition) is 2. The van der Waals surface area contributed by atoms with Crippen molar-refractivity contribution >= 4 is 21.7 Å². The maximum atomic E-state index is 12.6. The molecular weight excluding hydrogens is 388 g/mol. The van der Waals surface area contributed by atoms with Crippen molar-refractivity contribution in [2.45, 2.75) is 78.2 Å². The minimum atomic E-state index is 0.202. The predicted molar refractivity (Wildman–Crippen MR) is 109 cm³/mol. The Bertz CT molecular complexity index is 562. The predicted octanol–water partition coefficient (Wildman–Crippen LogP) is 5.87. The number of rotatable bonds is 3. The van der Waals surface area contributed by atoms with Gasteiger partial charge >= 0.3 is 0 Å². The topological polar surface area (TPSA) is 26.3 Å². The van der Waals surface area contributed by atoms with Crippen molar-refractivity contribution in [1.82, 2.24) is 0 Å². The lowest BCUT2D eigenvalue weighted by Crippen LogP contribution is -2.58. The van der Waals surface area contributed by atoms with Gasteiger partial charge in [-0.05, 0) is 85.4 Å². The highest BCUT2D eigenvalue weighted by Gasteiger charge is 2.63. The van der Waals surface area contributed by atoms with Gasteiger partial charge in [0.2, 0.25) is 0 Å². The lowest BCUT2D eigenvalue weighted by Gasteiger charge is -2.62. The van der Waals surface area contributed by atoms with Crippen LogP contribution in [-0.2, 0) is 9.53 Å². The van der Waals surface area contributed by atoms with E-state index < -0.39 is 0 Å². The van der Waals surface area contributed by atoms with E-state index in [1.54, 1.807) is 0 Å². The van der Waals surface area contributed by atoms with Gasteiger partial charge in [0.1, 0.15) is 5.78 Å². The molecular formula is C23H37BrO2. The molecule has 0 radical (unpaired) electrons. The van der Waals surface area contributed by atoms with Crippen molar-refractivity contribution < 1.29 is 9.53 Å². The van der Waals surface area contributed by atoms with Crippen LogP contribution in [-0.4, -0.2) is 24.3 Å². The molecule has 4 aliphatic rings. The average molecular weight is 425 g/mol. The molecule has 0 amide bonds. The molecule has 4 aliphatic carbocycles. The molecule has 9 unspecified atom stereocenters. The van der Waals surface area contributed by atoms with Crippen LogP contribution in [0.1, 0.15) is 72.1 Å². The molecule has 9 atom stereocenters. The Morgan fingerprint density at radius 3 is 2.42 bits per heavy atom. The summed E-state index contributed by atoms with van der Waals surface area (Å²) in [5.41, 5.74) is 0.707. The lowest BCUT2D eigenvalue weighted by molar-refractivity contribution is -0.176. The Kier molecular flexibility index (Phi) is 5.13. The smallest absolute Gasteiger partial charge is 0.147 e. The van der Waals surface area contributed by atoms with Crippen molar-refractivity contribution in [3.05, 3.63) is 0 Å². The van der Waals surface area contributed by atoms with E-state index in [9.17, 15) is 4.79 Å². The lowest BCUT2D eigenvalue weighted by atomic mass is 9.43. The maximum absolute atomic E-state index is 12.6. The molecule has 0 N–H and O–H groups in total. The summed E-state index contributed by atoms with van der Waals surface area (Å²) in [5, 5.41) is 0.527. The van der Waals surface area contributed by atoms with E-state index in [0.717, 1.165) is 24.2 Å². The first-order chi connectivity index (χ1) is 12.3. The number of carbonyl (C=O) groups excluding carboxylic acids is 1. The maximum Gasteiger partial charge on any atom is 0.147 e. The van der Waals surface area contributed by atoms with Gasteiger partial charge in [-0.1, -0.05) is 43.1 Å². The van der Waals surface area contributed by atoms with Gasteiger partial charge in [0, 0.05) is 13.0 Å². The van der Waals surface area contributed by atoms with E-state index in [-0.39, 0.29) is 11.3 Å². The van der Waals surface area contributed by atoms with Crippen molar-refractivity contribution in [3.63, 3.8) is 0 Å². The molecule has 4 fully saturated rings. The van der Waals surface area contributed by atoms with Crippen LogP contribution < -0.4 is 0 Å². The van der Waals surface area contributed by atoms with Gasteiger partial charge < -0.3 is 4.74 Å². The number of alkyl halides is 1. The molecule has 0 spiro atoms. The van der Waals surface area contributed by atoms with E-state index in [4.69, 9.17) is 4.74 Å². The average Bonchev–Trinajstić information content (AvgIpc) is 2.98. The molecule has 0 aliphatic heterocycles. The van der Waals surface area contributed by atoms with Gasteiger partial charge in [0.15, 0.2) is 0 Å². The van der Waals surface area contributed by atoms with Crippen LogP contribution in [0, 0.1) is 46.3 Å². The van der Waals surface area contributed by atoms with Gasteiger partial charge in [-0.15, -0.1) is 0 Å². The van der Waals surface area contributed by atoms with Gasteiger partial charge in [-0.3, -0.25) is 4.79 Å². The molecule has 0 heterocycles. The molecule has 0 aromatic carbocycles. The van der Waals surface area contributed by atoms with Gasteiger partial charge in [-0.2, -0.15) is 0 Å². The Morgan fingerprint density at radius 1 is 1.04 bits per heavy atom.